The molecule has 28 heavy (non-hydrogen) atoms. The van der Waals surface area contributed by atoms with Gasteiger partial charge in [-0.05, 0) is 36.1 Å². The van der Waals surface area contributed by atoms with Crippen molar-refractivity contribution in [3.05, 3.63) is 101 Å². The molecule has 4 nitrogen and oxygen atoms in total. The van der Waals surface area contributed by atoms with E-state index in [1.165, 1.54) is 5.56 Å². The van der Waals surface area contributed by atoms with Gasteiger partial charge in [0.05, 0.1) is 0 Å². The molecule has 1 aromatic heterocycles. The van der Waals surface area contributed by atoms with Crippen molar-refractivity contribution in [2.75, 3.05) is 0 Å². The molecule has 0 spiro atoms. The molecule has 0 aliphatic heterocycles. The molecule has 0 saturated carbocycles. The number of hydrogen-bond donors (Lipinski definition) is 0. The summed E-state index contributed by atoms with van der Waals surface area (Å²) in [5.41, 5.74) is 4.58. The van der Waals surface area contributed by atoms with Crippen LogP contribution in [0.25, 0.3) is 0 Å². The van der Waals surface area contributed by atoms with Gasteiger partial charge in [-0.15, -0.1) is 0 Å². The number of pyridine rings is 1. The summed E-state index contributed by atoms with van der Waals surface area (Å²) in [6.45, 7) is 4.76. The SMILES string of the molecule is CCc1ccc(CN(Cc2cccnc2)C(=O)C(=O)c2ccc(C)cc2)cc1. The van der Waals surface area contributed by atoms with E-state index in [1.54, 1.807) is 29.4 Å². The van der Waals surface area contributed by atoms with Crippen molar-refractivity contribution in [2.45, 2.75) is 33.4 Å². The van der Waals surface area contributed by atoms with E-state index in [0.717, 1.165) is 23.1 Å². The fourth-order valence-corrected chi connectivity index (χ4v) is 2.98. The standard InChI is InChI=1S/C24H24N2O2/c1-3-19-8-10-20(11-9-19)16-26(17-21-5-4-14-25-15-21)24(28)23(27)22-12-6-18(2)7-13-22/h4-15H,3,16-17H2,1-2H3. The van der Waals surface area contributed by atoms with Crippen LogP contribution in [-0.2, 0) is 24.3 Å². The first-order valence-corrected chi connectivity index (χ1v) is 9.44. The molecular weight excluding hydrogens is 348 g/mol. The molecule has 0 atom stereocenters. The number of aromatic nitrogens is 1. The van der Waals surface area contributed by atoms with E-state index in [9.17, 15) is 9.59 Å². The topological polar surface area (TPSA) is 50.3 Å². The Labute approximate surface area is 165 Å². The maximum absolute atomic E-state index is 13.0. The van der Waals surface area contributed by atoms with Crippen LogP contribution < -0.4 is 0 Å². The van der Waals surface area contributed by atoms with Crippen molar-refractivity contribution < 1.29 is 9.59 Å². The molecule has 3 aromatic rings. The molecule has 0 N–H and O–H groups in total. The van der Waals surface area contributed by atoms with E-state index in [2.05, 4.69) is 24.0 Å². The van der Waals surface area contributed by atoms with Crippen LogP contribution in [-0.4, -0.2) is 21.6 Å². The number of benzene rings is 2. The summed E-state index contributed by atoms with van der Waals surface area (Å²) in [6.07, 6.45) is 4.37. The quantitative estimate of drug-likeness (QED) is 0.457. The average Bonchev–Trinajstić information content (AvgIpc) is 2.74. The van der Waals surface area contributed by atoms with Gasteiger partial charge < -0.3 is 4.90 Å². The number of ketones is 1. The summed E-state index contributed by atoms with van der Waals surface area (Å²) in [6, 6.07) is 19.0. The second-order valence-corrected chi connectivity index (χ2v) is 6.89. The first-order valence-electron chi connectivity index (χ1n) is 9.44. The molecule has 1 heterocycles. The lowest BCUT2D eigenvalue weighted by molar-refractivity contribution is -0.127. The van der Waals surface area contributed by atoms with E-state index in [-0.39, 0.29) is 0 Å². The minimum absolute atomic E-state index is 0.333. The van der Waals surface area contributed by atoms with Crippen molar-refractivity contribution in [1.82, 2.24) is 9.88 Å². The van der Waals surface area contributed by atoms with E-state index < -0.39 is 11.7 Å². The smallest absolute Gasteiger partial charge is 0.295 e. The van der Waals surface area contributed by atoms with Crippen LogP contribution in [0.4, 0.5) is 0 Å². The van der Waals surface area contributed by atoms with Gasteiger partial charge in [0, 0.05) is 31.0 Å². The van der Waals surface area contributed by atoms with Crippen molar-refractivity contribution in [3.63, 3.8) is 0 Å². The van der Waals surface area contributed by atoms with Crippen LogP contribution in [0.2, 0.25) is 0 Å². The molecule has 0 fully saturated rings. The Morgan fingerprint density at radius 1 is 0.857 bits per heavy atom. The number of aryl methyl sites for hydroxylation is 2. The number of carbonyl (C=O) groups is 2. The van der Waals surface area contributed by atoms with Gasteiger partial charge in [-0.3, -0.25) is 14.6 Å². The molecule has 0 saturated heterocycles. The maximum atomic E-state index is 13.0. The molecule has 4 heteroatoms. The van der Waals surface area contributed by atoms with Crippen molar-refractivity contribution in [2.24, 2.45) is 0 Å². The minimum atomic E-state index is -0.507. The molecule has 0 bridgehead atoms. The number of rotatable bonds is 7. The number of hydrogen-bond acceptors (Lipinski definition) is 3. The van der Waals surface area contributed by atoms with Crippen molar-refractivity contribution in [1.29, 1.82) is 0 Å². The monoisotopic (exact) mass is 372 g/mol. The van der Waals surface area contributed by atoms with Crippen LogP contribution in [0, 0.1) is 6.92 Å². The Kier molecular flexibility index (Phi) is 6.33. The van der Waals surface area contributed by atoms with Crippen LogP contribution in [0.5, 0.6) is 0 Å². The molecule has 3 rings (SSSR count). The van der Waals surface area contributed by atoms with Crippen LogP contribution >= 0.6 is 0 Å². The van der Waals surface area contributed by atoms with Gasteiger partial charge >= 0.3 is 0 Å². The predicted molar refractivity (Wildman–Crippen MR) is 110 cm³/mol. The van der Waals surface area contributed by atoms with Gasteiger partial charge in [0.15, 0.2) is 0 Å². The Bertz CT molecular complexity index is 933. The zero-order valence-electron chi connectivity index (χ0n) is 16.3. The molecule has 2 aromatic carbocycles. The molecule has 142 valence electrons. The Morgan fingerprint density at radius 2 is 1.50 bits per heavy atom. The lowest BCUT2D eigenvalue weighted by Gasteiger charge is -2.22. The summed E-state index contributed by atoms with van der Waals surface area (Å²) >= 11 is 0. The average molecular weight is 372 g/mol. The first-order chi connectivity index (χ1) is 13.6. The van der Waals surface area contributed by atoms with Crippen LogP contribution in [0.3, 0.4) is 0 Å². The molecule has 0 aliphatic carbocycles. The largest absolute Gasteiger partial charge is 0.327 e. The third-order valence-corrected chi connectivity index (χ3v) is 4.70. The van der Waals surface area contributed by atoms with Gasteiger partial charge in [-0.25, -0.2) is 0 Å². The van der Waals surface area contributed by atoms with E-state index in [1.807, 2.05) is 43.3 Å². The number of nitrogens with zero attached hydrogens (tertiary/aromatic N) is 2. The molecule has 0 aliphatic rings. The highest BCUT2D eigenvalue weighted by molar-refractivity contribution is 6.42. The summed E-state index contributed by atoms with van der Waals surface area (Å²) in [5.74, 6) is -0.999. The summed E-state index contributed by atoms with van der Waals surface area (Å²) in [5, 5.41) is 0. The number of Topliss-reactive ketones (excluding diaryl/α,β-unsaturated/α-hetero) is 1. The normalized spacial score (nSPS) is 10.5. The van der Waals surface area contributed by atoms with Gasteiger partial charge in [0.1, 0.15) is 0 Å². The highest BCUT2D eigenvalue weighted by atomic mass is 16.2. The van der Waals surface area contributed by atoms with Crippen LogP contribution in [0.1, 0.15) is 39.5 Å². The molecule has 0 radical (unpaired) electrons. The summed E-state index contributed by atoms with van der Waals surface area (Å²) in [7, 11) is 0. The van der Waals surface area contributed by atoms with Crippen molar-refractivity contribution in [3.8, 4) is 0 Å². The molecule has 0 unspecified atom stereocenters. The van der Waals surface area contributed by atoms with Crippen LogP contribution in [0.15, 0.2) is 73.1 Å². The van der Waals surface area contributed by atoms with Gasteiger partial charge in [-0.2, -0.15) is 0 Å². The third-order valence-electron chi connectivity index (χ3n) is 4.70. The Hall–Kier alpha value is -3.27. The summed E-state index contributed by atoms with van der Waals surface area (Å²) < 4.78 is 0. The van der Waals surface area contributed by atoms with Gasteiger partial charge in [-0.1, -0.05) is 67.1 Å². The molecule has 1 amide bonds. The minimum Gasteiger partial charge on any atom is -0.327 e. The fourth-order valence-electron chi connectivity index (χ4n) is 2.98. The van der Waals surface area contributed by atoms with Gasteiger partial charge in [0.25, 0.3) is 5.91 Å². The number of carbonyl (C=O) groups excluding carboxylic acids is 2. The lowest BCUT2D eigenvalue weighted by atomic mass is 10.1. The first kappa shape index (κ1) is 19.5. The second-order valence-electron chi connectivity index (χ2n) is 6.89. The van der Waals surface area contributed by atoms with Gasteiger partial charge in [0.2, 0.25) is 5.78 Å². The Balaban J connectivity index is 1.84. The Morgan fingerprint density at radius 3 is 2.11 bits per heavy atom. The maximum Gasteiger partial charge on any atom is 0.295 e. The lowest BCUT2D eigenvalue weighted by Crippen LogP contribution is -2.35. The second kappa shape index (κ2) is 9.09. The number of amides is 1. The zero-order chi connectivity index (χ0) is 19.9. The highest BCUT2D eigenvalue weighted by Gasteiger charge is 2.23. The predicted octanol–water partition coefficient (Wildman–Crippen LogP) is 4.36. The fraction of sp³-hybridized carbons (Fsp3) is 0.208. The van der Waals surface area contributed by atoms with E-state index in [4.69, 9.17) is 0 Å². The molecular formula is C24H24N2O2. The van der Waals surface area contributed by atoms with E-state index in [0.29, 0.717) is 18.7 Å². The highest BCUT2D eigenvalue weighted by Crippen LogP contribution is 2.14. The zero-order valence-corrected chi connectivity index (χ0v) is 16.3. The van der Waals surface area contributed by atoms with Crippen molar-refractivity contribution >= 4 is 11.7 Å². The van der Waals surface area contributed by atoms with E-state index >= 15 is 0 Å². The summed E-state index contributed by atoms with van der Waals surface area (Å²) in [4.78, 5) is 31.5. The third kappa shape index (κ3) is 4.92.